The third kappa shape index (κ3) is 20.1. The molecule has 0 radical (unpaired) electrons. The number of benzene rings is 4. The monoisotopic (exact) mass is 1580 g/mol. The van der Waals surface area contributed by atoms with Gasteiger partial charge in [0.25, 0.3) is 48.4 Å². The molecule has 4 aromatic heterocycles. The molecule has 20 nitrogen and oxygen atoms in total. The average molecular weight is 1580 g/mol. The molecule has 0 saturated carbocycles. The molecule has 0 saturated heterocycles. The van der Waals surface area contributed by atoms with Gasteiger partial charge in [0.05, 0.1) is 51.3 Å². The number of ketones is 2. The molecule has 2 atom stereocenters. The minimum absolute atomic E-state index is 0.00307. The first-order valence-electron chi connectivity index (χ1n) is 31.4. The fourth-order valence-electron chi connectivity index (χ4n) is 11.7. The highest BCUT2D eigenvalue weighted by Gasteiger charge is 2.56. The molecule has 4 heterocycles. The Bertz CT molecular complexity index is 4500. The van der Waals surface area contributed by atoms with E-state index < -0.39 is 205 Å². The summed E-state index contributed by atoms with van der Waals surface area (Å²) in [7, 11) is 1.17. The SMILES string of the molecule is COCCNc1ncc(-c2ccc(F)c(C(N)=O)c2)c([C@@H](CC(=O)Cn2nc(C(F)F)c3c2C(F)(F)CCC3(F)F)Cc2cc(F)cc(F)c2)n1.COCCNc1ncc(Br)c([C@@H](CC(=O)Cn2nc(C(F)F)c3c2C(F)(F)CCC3(F)F)Cc2cc(F)cc(F)c2)n1.NC(=O)c1cc(B(O)O)ccc1F. The summed E-state index contributed by atoms with van der Waals surface area (Å²) < 4.78 is 267. The normalized spacial score (nSPS) is 15.1. The lowest BCUT2D eigenvalue weighted by atomic mass is 9.79. The predicted octanol–water partition coefficient (Wildman–Crippen LogP) is 12.1. The number of methoxy groups -OCH3 is 2. The highest BCUT2D eigenvalue weighted by atomic mass is 79.9. The first-order chi connectivity index (χ1) is 49.7. The molecule has 40 heteroatoms. The number of halogens is 19. The van der Waals surface area contributed by atoms with Crippen molar-refractivity contribution in [3.63, 3.8) is 0 Å². The van der Waals surface area contributed by atoms with E-state index in [-0.39, 0.29) is 91.9 Å². The van der Waals surface area contributed by atoms with Crippen molar-refractivity contribution in [2.45, 2.75) is 113 Å². The van der Waals surface area contributed by atoms with Crippen LogP contribution in [0.2, 0.25) is 0 Å². The number of alkyl halides is 12. The molecule has 0 unspecified atom stereocenters. The van der Waals surface area contributed by atoms with Gasteiger partial charge in [-0.05, 0) is 99.5 Å². The highest BCUT2D eigenvalue weighted by molar-refractivity contribution is 9.10. The molecule has 0 spiro atoms. The number of aromatic nitrogens is 8. The summed E-state index contributed by atoms with van der Waals surface area (Å²) in [5.74, 6) is -27.5. The second-order valence-electron chi connectivity index (χ2n) is 24.1. The van der Waals surface area contributed by atoms with E-state index in [4.69, 9.17) is 31.0 Å². The van der Waals surface area contributed by atoms with Crippen LogP contribution < -0.4 is 27.6 Å². The third-order valence-electron chi connectivity index (χ3n) is 16.4. The summed E-state index contributed by atoms with van der Waals surface area (Å²) in [6.45, 7) is -1.19. The first kappa shape index (κ1) is 82.1. The second kappa shape index (κ2) is 34.4. The molecule has 2 aliphatic carbocycles. The van der Waals surface area contributed by atoms with E-state index in [0.29, 0.717) is 29.8 Å². The van der Waals surface area contributed by atoms with Gasteiger partial charge < -0.3 is 41.6 Å². The van der Waals surface area contributed by atoms with Crippen LogP contribution in [0, 0.1) is 34.9 Å². The number of nitrogens with two attached hydrogens (primary N) is 2. The molecule has 0 bridgehead atoms. The summed E-state index contributed by atoms with van der Waals surface area (Å²) in [6, 6.07) is 11.6. The molecule has 2 amide bonds. The van der Waals surface area contributed by atoms with Gasteiger partial charge >= 0.3 is 7.12 Å². The standard InChI is InChI=1S/C33H29F9N6O3.C26H24BrF8N5O2.C7H7BFNO3/c1-51-7-6-44-31-45-14-23(17-2-3-24(36)22(12-17)30(43)50)26(46-31)18(8-16-9-19(34)13-20(35)10-16)11-21(49)15-48-28-25(27(47-48)29(37)38)32(39,40)4-5-33(28,41)42;1-42-5-4-36-24-37-11-18(27)20(38-24)14(6-13-7-15(28)10-16(29)8-13)9-17(41)12-40-22-19(21(39-40)23(30)31)25(32,33)2-3-26(22,34)35;9-6-2-1-4(8(12)13)3-5(6)7(10)11/h2-3,9-10,12-14,18,29H,4-8,11,15H2,1H3,(H2,43,50)(H,44,45,46);7-8,10-11,14,23H,2-6,9,12H2,1H3,(H,36,37,38);1-3,12-13H,(H2,10,11)/t18-;14-;/m11./s1. The molecule has 10 rings (SSSR count). The lowest BCUT2D eigenvalue weighted by Gasteiger charge is -2.29. The minimum atomic E-state index is -4.07. The van der Waals surface area contributed by atoms with Crippen molar-refractivity contribution in [1.82, 2.24) is 39.5 Å². The van der Waals surface area contributed by atoms with E-state index in [9.17, 15) is 89.4 Å². The molecule has 0 aliphatic heterocycles. The van der Waals surface area contributed by atoms with Gasteiger partial charge in [-0.25, -0.2) is 81.4 Å². The van der Waals surface area contributed by atoms with E-state index >= 15 is 8.78 Å². The van der Waals surface area contributed by atoms with Crippen molar-refractivity contribution in [1.29, 1.82) is 0 Å². The number of primary amides is 2. The smallest absolute Gasteiger partial charge is 0.423 e. The Morgan fingerprint density at radius 1 is 0.557 bits per heavy atom. The maximum absolute atomic E-state index is 15.0. The van der Waals surface area contributed by atoms with Crippen LogP contribution >= 0.6 is 15.9 Å². The van der Waals surface area contributed by atoms with Crippen molar-refractivity contribution in [3.8, 4) is 11.1 Å². The number of fused-ring (bicyclic) bond motifs is 2. The van der Waals surface area contributed by atoms with E-state index in [1.54, 1.807) is 0 Å². The quantitative estimate of drug-likeness (QED) is 0.0151. The largest absolute Gasteiger partial charge is 0.488 e. The van der Waals surface area contributed by atoms with Gasteiger partial charge in [-0.15, -0.1) is 0 Å². The average Bonchev–Trinajstić information content (AvgIpc) is 1.54. The van der Waals surface area contributed by atoms with Crippen LogP contribution in [0.5, 0.6) is 0 Å². The molecule has 4 aromatic carbocycles. The molecular weight excluding hydrogens is 1520 g/mol. The van der Waals surface area contributed by atoms with Crippen LogP contribution in [-0.4, -0.2) is 121 Å². The molecule has 2 aliphatic rings. The highest BCUT2D eigenvalue weighted by Crippen LogP contribution is 2.54. The van der Waals surface area contributed by atoms with E-state index in [1.165, 1.54) is 32.7 Å². The van der Waals surface area contributed by atoms with Gasteiger partial charge in [0.1, 0.15) is 70.8 Å². The maximum atomic E-state index is 15.0. The number of anilines is 2. The minimum Gasteiger partial charge on any atom is -0.423 e. The molecule has 8 aromatic rings. The number of carbonyl (C=O) groups is 4. The summed E-state index contributed by atoms with van der Waals surface area (Å²) in [5, 5.41) is 29.8. The molecule has 0 fully saturated rings. The number of hydrogen-bond donors (Lipinski definition) is 6. The summed E-state index contributed by atoms with van der Waals surface area (Å²) in [4.78, 5) is 66.7. The van der Waals surface area contributed by atoms with Gasteiger partial charge in [0.15, 0.2) is 11.6 Å². The number of nitrogens with zero attached hydrogens (tertiary/aromatic N) is 8. The Morgan fingerprint density at radius 3 is 1.37 bits per heavy atom. The topological polar surface area (TPSA) is 290 Å². The number of hydrogen-bond acceptors (Lipinski definition) is 16. The van der Waals surface area contributed by atoms with Gasteiger partial charge in [0.2, 0.25) is 11.9 Å². The zero-order valence-corrected chi connectivity index (χ0v) is 56.7. The molecule has 8 N–H and O–H groups in total. The number of ether oxygens (including phenoxy) is 2. The summed E-state index contributed by atoms with van der Waals surface area (Å²) in [6.07, 6.45) is -11.9. The lowest BCUT2D eigenvalue weighted by molar-refractivity contribution is -0.122. The Morgan fingerprint density at radius 2 is 0.953 bits per heavy atom. The Hall–Kier alpha value is -9.54. The Kier molecular flexibility index (Phi) is 26.6. The number of amides is 2. The number of Topliss-reactive ketones (excluding diaryl/α,β-unsaturated/α-hetero) is 2. The first-order valence-corrected chi connectivity index (χ1v) is 32.2. The zero-order valence-electron chi connectivity index (χ0n) is 55.1. The Labute approximate surface area is 597 Å². The van der Waals surface area contributed by atoms with Gasteiger partial charge in [0, 0.05) is 108 Å². The zero-order chi connectivity index (χ0) is 78.1. The van der Waals surface area contributed by atoms with E-state index in [1.807, 2.05) is 0 Å². The van der Waals surface area contributed by atoms with E-state index in [0.717, 1.165) is 54.6 Å². The Balaban J connectivity index is 0.000000231. The molecule has 568 valence electrons. The van der Waals surface area contributed by atoms with Crippen LogP contribution in [0.4, 0.5) is 90.9 Å². The summed E-state index contributed by atoms with van der Waals surface area (Å²) in [5.41, 5.74) is 0.600. The van der Waals surface area contributed by atoms with Crippen LogP contribution in [0.1, 0.15) is 140 Å². The number of rotatable bonds is 28. The van der Waals surface area contributed by atoms with Crippen molar-refractivity contribution >= 4 is 63.8 Å². The fraction of sp³-hybridized carbons (Fsp3) is 0.364. The van der Waals surface area contributed by atoms with Crippen molar-refractivity contribution in [3.05, 3.63) is 192 Å². The van der Waals surface area contributed by atoms with Gasteiger partial charge in [-0.1, -0.05) is 12.1 Å². The van der Waals surface area contributed by atoms with Gasteiger partial charge in [-0.2, -0.15) is 27.8 Å². The van der Waals surface area contributed by atoms with Crippen LogP contribution in [-0.2, 0) is 68.7 Å². The lowest BCUT2D eigenvalue weighted by Crippen LogP contribution is -2.33. The predicted molar refractivity (Wildman–Crippen MR) is 344 cm³/mol. The van der Waals surface area contributed by atoms with Crippen LogP contribution in [0.25, 0.3) is 11.1 Å². The summed E-state index contributed by atoms with van der Waals surface area (Å²) >= 11 is 3.29. The van der Waals surface area contributed by atoms with Crippen LogP contribution in [0.3, 0.4) is 0 Å². The fourth-order valence-corrected chi connectivity index (χ4v) is 12.2. The third-order valence-corrected chi connectivity index (χ3v) is 17.0. The molecule has 106 heavy (non-hydrogen) atoms. The number of nitrogens with one attached hydrogen (secondary N) is 2. The van der Waals surface area contributed by atoms with Gasteiger partial charge in [-0.3, -0.25) is 28.5 Å². The second-order valence-corrected chi connectivity index (χ2v) is 24.9. The number of carbonyl (C=O) groups excluding carboxylic acids is 4. The van der Waals surface area contributed by atoms with Crippen molar-refractivity contribution < 1.29 is 118 Å². The van der Waals surface area contributed by atoms with E-state index in [2.05, 4.69) is 56.7 Å². The maximum Gasteiger partial charge on any atom is 0.488 e. The van der Waals surface area contributed by atoms with Crippen molar-refractivity contribution in [2.24, 2.45) is 11.5 Å². The van der Waals surface area contributed by atoms with Crippen molar-refractivity contribution in [2.75, 3.05) is 51.2 Å². The van der Waals surface area contributed by atoms with Crippen LogP contribution in [0.15, 0.2) is 89.7 Å². The molecular formula is C66H60BBrF18N12O8.